The smallest absolute Gasteiger partial charge is 0.339 e. The lowest BCUT2D eigenvalue weighted by Gasteiger charge is -2.26. The van der Waals surface area contributed by atoms with Crippen molar-refractivity contribution in [3.05, 3.63) is 106 Å². The molecule has 200 valence electrons. The lowest BCUT2D eigenvalue weighted by Crippen LogP contribution is -2.19. The molecule has 0 spiro atoms. The van der Waals surface area contributed by atoms with Crippen LogP contribution in [0.4, 0.5) is 0 Å². The Morgan fingerprint density at radius 1 is 1.02 bits per heavy atom. The summed E-state index contributed by atoms with van der Waals surface area (Å²) in [6.07, 6.45) is 3.72. The van der Waals surface area contributed by atoms with Crippen LogP contribution in [0.15, 0.2) is 77.2 Å². The zero-order valence-electron chi connectivity index (χ0n) is 22.1. The third-order valence-electron chi connectivity index (χ3n) is 6.96. The van der Waals surface area contributed by atoms with Crippen molar-refractivity contribution in [1.29, 1.82) is 0 Å². The van der Waals surface area contributed by atoms with Gasteiger partial charge in [-0.05, 0) is 84.0 Å². The molecular formula is C32H26ClN3O4. The summed E-state index contributed by atoms with van der Waals surface area (Å²) in [5.41, 5.74) is 5.87. The van der Waals surface area contributed by atoms with Crippen LogP contribution in [-0.2, 0) is 17.8 Å². The van der Waals surface area contributed by atoms with Crippen LogP contribution < -0.4 is 4.74 Å². The highest BCUT2D eigenvalue weighted by Gasteiger charge is 2.29. The molecule has 3 aromatic carbocycles. The second-order valence-electron chi connectivity index (χ2n) is 9.87. The molecule has 0 amide bonds. The van der Waals surface area contributed by atoms with Crippen molar-refractivity contribution in [2.75, 3.05) is 7.11 Å². The molecule has 0 N–H and O–H groups in total. The maximum atomic E-state index is 13.7. The van der Waals surface area contributed by atoms with Crippen LogP contribution in [0.3, 0.4) is 0 Å². The predicted octanol–water partition coefficient (Wildman–Crippen LogP) is 7.43. The van der Waals surface area contributed by atoms with Gasteiger partial charge in [-0.15, -0.1) is 10.2 Å². The number of ether oxygens (including phenoxy) is 2. The number of hydrogen-bond donors (Lipinski definition) is 0. The molecule has 0 saturated heterocycles. The first-order chi connectivity index (χ1) is 19.5. The number of aromatic nitrogens is 3. The molecule has 0 saturated carbocycles. The van der Waals surface area contributed by atoms with Crippen LogP contribution in [0, 0.1) is 5.92 Å². The van der Waals surface area contributed by atoms with Gasteiger partial charge < -0.3 is 13.9 Å². The Morgan fingerprint density at radius 3 is 2.58 bits per heavy atom. The summed E-state index contributed by atoms with van der Waals surface area (Å²) in [5.74, 6) is 1.22. The number of halogens is 1. The van der Waals surface area contributed by atoms with Crippen molar-refractivity contribution in [2.24, 2.45) is 5.92 Å². The van der Waals surface area contributed by atoms with E-state index in [0.717, 1.165) is 57.5 Å². The first-order valence-corrected chi connectivity index (χ1v) is 13.4. The number of carbonyl (C=O) groups excluding carboxylic acids is 1. The quantitative estimate of drug-likeness (QED) is 0.203. The van der Waals surface area contributed by atoms with E-state index in [4.69, 9.17) is 30.5 Å². The Labute approximate surface area is 236 Å². The molecule has 2 aromatic heterocycles. The number of benzene rings is 3. The van der Waals surface area contributed by atoms with Crippen LogP contribution in [-0.4, -0.2) is 28.3 Å². The molecule has 0 aliphatic heterocycles. The van der Waals surface area contributed by atoms with Gasteiger partial charge in [0.1, 0.15) is 5.75 Å². The minimum atomic E-state index is -0.445. The van der Waals surface area contributed by atoms with E-state index >= 15 is 0 Å². The standard InChI is InChI=1S/C32H26ClN3O4/c1-19-15-22(17-20-7-13-24(38-2)14-8-20)30-26(16-19)29(25-5-3-4-6-27(25)34-30)32(37)39-18-28-35-36-31(40-28)21-9-11-23(33)12-10-21/h3-14,17,19H,15-16,18H2,1-2H3/b22-17-/t19-/m1/s1. The average molecular weight is 552 g/mol. The second kappa shape index (κ2) is 10.9. The number of para-hydroxylation sites is 1. The zero-order valence-corrected chi connectivity index (χ0v) is 22.8. The van der Waals surface area contributed by atoms with Crippen LogP contribution in [0.25, 0.3) is 34.0 Å². The van der Waals surface area contributed by atoms with Gasteiger partial charge >= 0.3 is 5.97 Å². The van der Waals surface area contributed by atoms with Crippen molar-refractivity contribution in [3.8, 4) is 17.2 Å². The van der Waals surface area contributed by atoms with Gasteiger partial charge in [0, 0.05) is 16.0 Å². The number of pyridine rings is 1. The highest BCUT2D eigenvalue weighted by molar-refractivity contribution is 6.30. The summed E-state index contributed by atoms with van der Waals surface area (Å²) in [6.45, 7) is 2.04. The molecule has 0 fully saturated rings. The molecule has 0 unspecified atom stereocenters. The Bertz CT molecular complexity index is 1730. The number of methoxy groups -OCH3 is 1. The van der Waals surface area contributed by atoms with Crippen LogP contribution in [0.2, 0.25) is 5.02 Å². The number of rotatable bonds is 6. The van der Waals surface area contributed by atoms with E-state index < -0.39 is 5.97 Å². The Kier molecular flexibility index (Phi) is 7.05. The van der Waals surface area contributed by atoms with Crippen LogP contribution >= 0.6 is 11.6 Å². The Morgan fingerprint density at radius 2 is 1.80 bits per heavy atom. The zero-order chi connectivity index (χ0) is 27.6. The van der Waals surface area contributed by atoms with E-state index in [1.807, 2.05) is 48.5 Å². The van der Waals surface area contributed by atoms with Crippen molar-refractivity contribution in [3.63, 3.8) is 0 Å². The molecular weight excluding hydrogens is 526 g/mol. The van der Waals surface area contributed by atoms with E-state index in [-0.39, 0.29) is 12.5 Å². The minimum absolute atomic E-state index is 0.144. The normalized spacial score (nSPS) is 15.7. The summed E-state index contributed by atoms with van der Waals surface area (Å²) in [4.78, 5) is 18.7. The van der Waals surface area contributed by atoms with Crippen molar-refractivity contribution in [1.82, 2.24) is 15.2 Å². The first-order valence-electron chi connectivity index (χ1n) is 13.0. The van der Waals surface area contributed by atoms with Gasteiger partial charge in [-0.2, -0.15) is 0 Å². The lowest BCUT2D eigenvalue weighted by molar-refractivity contribution is 0.0439. The van der Waals surface area contributed by atoms with Crippen LogP contribution in [0.1, 0.15) is 46.4 Å². The van der Waals surface area contributed by atoms with Gasteiger partial charge in [0.25, 0.3) is 5.89 Å². The summed E-state index contributed by atoms with van der Waals surface area (Å²) < 4.78 is 16.8. The minimum Gasteiger partial charge on any atom is -0.497 e. The van der Waals surface area contributed by atoms with E-state index in [9.17, 15) is 4.79 Å². The molecule has 6 rings (SSSR count). The van der Waals surface area contributed by atoms with Crippen molar-refractivity contribution >= 4 is 40.1 Å². The molecule has 0 radical (unpaired) electrons. The van der Waals surface area contributed by atoms with Gasteiger partial charge in [0.05, 0.1) is 23.9 Å². The maximum absolute atomic E-state index is 13.7. The van der Waals surface area contributed by atoms with Crippen LogP contribution in [0.5, 0.6) is 5.75 Å². The summed E-state index contributed by atoms with van der Waals surface area (Å²) in [7, 11) is 1.65. The molecule has 5 aromatic rings. The fraction of sp³-hybridized carbons (Fsp3) is 0.188. The van der Waals surface area contributed by atoms with E-state index in [0.29, 0.717) is 22.4 Å². The first kappa shape index (κ1) is 25.8. The van der Waals surface area contributed by atoms with Gasteiger partial charge in [-0.25, -0.2) is 9.78 Å². The topological polar surface area (TPSA) is 87.3 Å². The summed E-state index contributed by atoms with van der Waals surface area (Å²) >= 11 is 5.97. The van der Waals surface area contributed by atoms with Gasteiger partial charge in [0.15, 0.2) is 6.61 Å². The number of esters is 1. The molecule has 40 heavy (non-hydrogen) atoms. The average Bonchev–Trinajstić information content (AvgIpc) is 3.45. The SMILES string of the molecule is COc1ccc(/C=C2/C[C@@H](C)Cc3c2nc2ccccc2c3C(=O)OCc2nnc(-c3ccc(Cl)cc3)o2)cc1. The van der Waals surface area contributed by atoms with Gasteiger partial charge in [-0.1, -0.05) is 48.9 Å². The third-order valence-corrected chi connectivity index (χ3v) is 7.22. The fourth-order valence-electron chi connectivity index (χ4n) is 5.09. The molecule has 2 heterocycles. The molecule has 7 nitrogen and oxygen atoms in total. The maximum Gasteiger partial charge on any atom is 0.339 e. The van der Waals surface area contributed by atoms with Gasteiger partial charge in [0.2, 0.25) is 5.89 Å². The Balaban J connectivity index is 1.34. The van der Waals surface area contributed by atoms with E-state index in [1.165, 1.54) is 0 Å². The number of allylic oxidation sites excluding steroid dienone is 1. The number of carbonyl (C=O) groups is 1. The monoisotopic (exact) mass is 551 g/mol. The number of fused-ring (bicyclic) bond motifs is 2. The van der Waals surface area contributed by atoms with E-state index in [1.54, 1.807) is 31.4 Å². The Hall–Kier alpha value is -4.49. The van der Waals surface area contributed by atoms with Gasteiger partial charge in [-0.3, -0.25) is 0 Å². The largest absolute Gasteiger partial charge is 0.497 e. The highest BCUT2D eigenvalue weighted by atomic mass is 35.5. The fourth-order valence-corrected chi connectivity index (χ4v) is 5.22. The molecule has 1 atom stereocenters. The lowest BCUT2D eigenvalue weighted by atomic mass is 9.80. The third kappa shape index (κ3) is 5.20. The number of hydrogen-bond acceptors (Lipinski definition) is 7. The highest BCUT2D eigenvalue weighted by Crippen LogP contribution is 2.39. The van der Waals surface area contributed by atoms with Crippen molar-refractivity contribution in [2.45, 2.75) is 26.4 Å². The molecule has 0 bridgehead atoms. The second-order valence-corrected chi connectivity index (χ2v) is 10.3. The summed E-state index contributed by atoms with van der Waals surface area (Å²) in [6, 6.07) is 22.6. The molecule has 1 aliphatic rings. The number of nitrogens with zero attached hydrogens (tertiary/aromatic N) is 3. The predicted molar refractivity (Wildman–Crippen MR) is 154 cm³/mol. The molecule has 8 heteroatoms. The van der Waals surface area contributed by atoms with Crippen molar-refractivity contribution < 1.29 is 18.7 Å². The summed E-state index contributed by atoms with van der Waals surface area (Å²) in [5, 5.41) is 9.51. The molecule has 1 aliphatic carbocycles. The van der Waals surface area contributed by atoms with E-state index in [2.05, 4.69) is 23.2 Å².